The van der Waals surface area contributed by atoms with Gasteiger partial charge in [-0.25, -0.2) is 0 Å². The largest absolute Gasteiger partial charge is 0.298 e. The Hall–Kier alpha value is -0.890. The number of carbonyl (C=O) groups excluding carboxylic acids is 1. The van der Waals surface area contributed by atoms with Crippen LogP contribution in [0.1, 0.15) is 5.56 Å². The summed E-state index contributed by atoms with van der Waals surface area (Å²) in [5, 5.41) is 0.603. The Morgan fingerprint density at radius 3 is 2.50 bits per heavy atom. The second-order valence-corrected chi connectivity index (χ2v) is 2.94. The molecule has 0 fully saturated rings. The quantitative estimate of drug-likeness (QED) is 0.439. The number of hydrogen-bond donors (Lipinski definition) is 0. The maximum atomic E-state index is 10.4. The lowest BCUT2D eigenvalue weighted by molar-refractivity contribution is -0.104. The predicted octanol–water partition coefficient (Wildman–Crippen LogP) is 2.66. The van der Waals surface area contributed by atoms with Crippen molar-refractivity contribution in [1.82, 2.24) is 0 Å². The molecule has 0 N–H and O–H groups in total. The molecule has 0 aliphatic rings. The molecule has 0 aromatic heterocycles. The van der Waals surface area contributed by atoms with Gasteiger partial charge < -0.3 is 0 Å². The fourth-order valence-electron chi connectivity index (χ4n) is 0.867. The maximum Gasteiger partial charge on any atom is 0.146 e. The summed E-state index contributed by atoms with van der Waals surface area (Å²) < 4.78 is 0. The van der Waals surface area contributed by atoms with Crippen molar-refractivity contribution in [3.63, 3.8) is 0 Å². The zero-order chi connectivity index (χ0) is 8.81. The van der Waals surface area contributed by atoms with Crippen LogP contribution in [0.15, 0.2) is 35.9 Å². The second kappa shape index (κ2) is 4.88. The summed E-state index contributed by atoms with van der Waals surface area (Å²) in [5.74, 6) is 0. The highest BCUT2D eigenvalue weighted by molar-refractivity contribution is 9.09. The van der Waals surface area contributed by atoms with Crippen LogP contribution < -0.4 is 0 Å². The normalized spacial score (nSPS) is 11.2. The van der Waals surface area contributed by atoms with Crippen LogP contribution in [0, 0.1) is 0 Å². The molecule has 0 aliphatic carbocycles. The Bertz CT molecular complexity index is 277. The second-order valence-electron chi connectivity index (χ2n) is 2.38. The summed E-state index contributed by atoms with van der Waals surface area (Å²) in [7, 11) is 0. The van der Waals surface area contributed by atoms with Crippen molar-refractivity contribution in [3.05, 3.63) is 41.5 Å². The monoisotopic (exact) mass is 224 g/mol. The smallest absolute Gasteiger partial charge is 0.146 e. The summed E-state index contributed by atoms with van der Waals surface area (Å²) in [6.45, 7) is 0. The molecule has 0 amide bonds. The van der Waals surface area contributed by atoms with Crippen molar-refractivity contribution < 1.29 is 4.79 Å². The van der Waals surface area contributed by atoms with E-state index in [-0.39, 0.29) is 0 Å². The first-order valence-corrected chi connectivity index (χ1v) is 4.75. The number of hydrogen-bond acceptors (Lipinski definition) is 1. The molecule has 1 aromatic carbocycles. The van der Waals surface area contributed by atoms with Crippen LogP contribution in [0.25, 0.3) is 6.08 Å². The van der Waals surface area contributed by atoms with Gasteiger partial charge in [0.05, 0.1) is 0 Å². The number of allylic oxidation sites excluding steroid dienone is 1. The van der Waals surface area contributed by atoms with Gasteiger partial charge in [-0.2, -0.15) is 0 Å². The van der Waals surface area contributed by atoms with Crippen LogP contribution in [0.4, 0.5) is 0 Å². The van der Waals surface area contributed by atoms with Gasteiger partial charge in [0.15, 0.2) is 0 Å². The van der Waals surface area contributed by atoms with Crippen LogP contribution in [0.2, 0.25) is 0 Å². The Morgan fingerprint density at radius 2 is 2.00 bits per heavy atom. The summed E-state index contributed by atoms with van der Waals surface area (Å²) >= 11 is 3.23. The fraction of sp³-hybridized carbons (Fsp3) is 0.100. The van der Waals surface area contributed by atoms with Crippen molar-refractivity contribution in [2.75, 3.05) is 5.33 Å². The first kappa shape index (κ1) is 9.20. The molecule has 0 saturated carbocycles. The highest BCUT2D eigenvalue weighted by Gasteiger charge is 1.91. The van der Waals surface area contributed by atoms with E-state index in [2.05, 4.69) is 15.9 Å². The van der Waals surface area contributed by atoms with Crippen molar-refractivity contribution in [1.29, 1.82) is 0 Å². The van der Waals surface area contributed by atoms with E-state index in [9.17, 15) is 4.79 Å². The SMILES string of the molecule is O=CC(=Cc1ccccc1)CBr. The number of rotatable bonds is 3. The van der Waals surface area contributed by atoms with Crippen LogP contribution in [-0.4, -0.2) is 11.6 Å². The van der Waals surface area contributed by atoms with E-state index in [1.165, 1.54) is 0 Å². The Labute approximate surface area is 80.2 Å². The van der Waals surface area contributed by atoms with E-state index in [0.29, 0.717) is 5.33 Å². The van der Waals surface area contributed by atoms with E-state index in [0.717, 1.165) is 17.4 Å². The summed E-state index contributed by atoms with van der Waals surface area (Å²) in [6, 6.07) is 9.77. The highest BCUT2D eigenvalue weighted by atomic mass is 79.9. The zero-order valence-electron chi connectivity index (χ0n) is 6.53. The van der Waals surface area contributed by atoms with Crippen LogP contribution >= 0.6 is 15.9 Å². The number of halogens is 1. The Morgan fingerprint density at radius 1 is 1.33 bits per heavy atom. The molecule has 1 rings (SSSR count). The van der Waals surface area contributed by atoms with Gasteiger partial charge in [-0.3, -0.25) is 4.79 Å². The lowest BCUT2D eigenvalue weighted by Crippen LogP contribution is -1.84. The molecule has 0 bridgehead atoms. The maximum absolute atomic E-state index is 10.4. The van der Waals surface area contributed by atoms with E-state index < -0.39 is 0 Å². The van der Waals surface area contributed by atoms with Gasteiger partial charge in [0.2, 0.25) is 0 Å². The minimum atomic E-state index is 0.603. The third-order valence-corrected chi connectivity index (χ3v) is 2.10. The third kappa shape index (κ3) is 2.62. The molecular formula is C10H9BrO. The third-order valence-electron chi connectivity index (χ3n) is 1.46. The molecule has 0 unspecified atom stereocenters. The fourth-order valence-corrected chi connectivity index (χ4v) is 1.16. The van der Waals surface area contributed by atoms with Gasteiger partial charge in [0, 0.05) is 10.9 Å². The van der Waals surface area contributed by atoms with Gasteiger partial charge in [0.25, 0.3) is 0 Å². The average Bonchev–Trinajstić information content (AvgIpc) is 2.16. The van der Waals surface area contributed by atoms with Gasteiger partial charge in [0.1, 0.15) is 6.29 Å². The first-order chi connectivity index (χ1) is 5.86. The lowest BCUT2D eigenvalue weighted by atomic mass is 10.1. The molecule has 1 aromatic rings. The molecule has 0 radical (unpaired) electrons. The molecule has 0 spiro atoms. The summed E-state index contributed by atoms with van der Waals surface area (Å²) in [5.41, 5.74) is 1.81. The minimum absolute atomic E-state index is 0.603. The van der Waals surface area contributed by atoms with Gasteiger partial charge in [-0.15, -0.1) is 0 Å². The molecule has 12 heavy (non-hydrogen) atoms. The number of aldehydes is 1. The van der Waals surface area contributed by atoms with Crippen molar-refractivity contribution in [2.45, 2.75) is 0 Å². The van der Waals surface area contributed by atoms with Crippen LogP contribution in [0.3, 0.4) is 0 Å². The molecule has 0 heterocycles. The number of alkyl halides is 1. The summed E-state index contributed by atoms with van der Waals surface area (Å²) in [4.78, 5) is 10.4. The molecule has 2 heteroatoms. The van der Waals surface area contributed by atoms with Crippen LogP contribution in [0.5, 0.6) is 0 Å². The molecule has 0 aliphatic heterocycles. The first-order valence-electron chi connectivity index (χ1n) is 3.63. The Kier molecular flexibility index (Phi) is 3.74. The van der Waals surface area contributed by atoms with E-state index in [1.54, 1.807) is 0 Å². The van der Waals surface area contributed by atoms with Crippen molar-refractivity contribution in [2.24, 2.45) is 0 Å². The molecule has 62 valence electrons. The zero-order valence-corrected chi connectivity index (χ0v) is 8.12. The van der Waals surface area contributed by atoms with E-state index in [4.69, 9.17) is 0 Å². The predicted molar refractivity (Wildman–Crippen MR) is 54.3 cm³/mol. The number of carbonyl (C=O) groups is 1. The van der Waals surface area contributed by atoms with Gasteiger partial charge in [-0.05, 0) is 11.6 Å². The number of benzene rings is 1. The van der Waals surface area contributed by atoms with Gasteiger partial charge >= 0.3 is 0 Å². The summed E-state index contributed by atoms with van der Waals surface area (Å²) in [6.07, 6.45) is 2.73. The van der Waals surface area contributed by atoms with E-state index >= 15 is 0 Å². The lowest BCUT2D eigenvalue weighted by Gasteiger charge is -1.93. The van der Waals surface area contributed by atoms with Gasteiger partial charge in [-0.1, -0.05) is 46.3 Å². The van der Waals surface area contributed by atoms with Crippen molar-refractivity contribution >= 4 is 28.3 Å². The molecule has 1 nitrogen and oxygen atoms in total. The Balaban J connectivity index is 2.86. The average molecular weight is 225 g/mol. The van der Waals surface area contributed by atoms with Crippen molar-refractivity contribution in [3.8, 4) is 0 Å². The van der Waals surface area contributed by atoms with Crippen LogP contribution in [-0.2, 0) is 4.79 Å². The topological polar surface area (TPSA) is 17.1 Å². The standard InChI is InChI=1S/C10H9BrO/c11-7-10(8-12)6-9-4-2-1-3-5-9/h1-6,8H,7H2. The van der Waals surface area contributed by atoms with E-state index in [1.807, 2.05) is 36.4 Å². The molecule has 0 atom stereocenters. The minimum Gasteiger partial charge on any atom is -0.298 e. The highest BCUT2D eigenvalue weighted by Crippen LogP contribution is 2.06. The molecule has 0 saturated heterocycles. The molecular weight excluding hydrogens is 216 g/mol.